The Balaban J connectivity index is 1.34. The zero-order valence-corrected chi connectivity index (χ0v) is 25.4. The summed E-state index contributed by atoms with van der Waals surface area (Å²) in [5.74, 6) is -2.17. The number of carbonyl (C=O) groups is 6. The van der Waals surface area contributed by atoms with Gasteiger partial charge in [-0.2, -0.15) is 0 Å². The van der Waals surface area contributed by atoms with Gasteiger partial charge in [0, 0.05) is 42.9 Å². The Kier molecular flexibility index (Phi) is 12.9. The number of nitro benzene ring substituents is 1. The molecule has 0 saturated carbocycles. The van der Waals surface area contributed by atoms with E-state index in [1.807, 2.05) is 0 Å². The van der Waals surface area contributed by atoms with Gasteiger partial charge >= 0.3 is 6.16 Å². The molecule has 3 N–H and O–H groups in total. The van der Waals surface area contributed by atoms with E-state index >= 15 is 0 Å². The molecule has 0 aliphatic carbocycles. The Morgan fingerprint density at radius 2 is 1.54 bits per heavy atom. The highest BCUT2D eigenvalue weighted by molar-refractivity contribution is 6.12. The van der Waals surface area contributed by atoms with Crippen molar-refractivity contribution in [1.29, 1.82) is 0 Å². The number of hydrogen-bond donors (Lipinski definition) is 3. The lowest BCUT2D eigenvalue weighted by Gasteiger charge is -2.21. The van der Waals surface area contributed by atoms with Crippen LogP contribution in [-0.4, -0.2) is 64.6 Å². The van der Waals surface area contributed by atoms with Gasteiger partial charge in [-0.05, 0) is 48.6 Å². The minimum Gasteiger partial charge on any atom is -0.429 e. The number of unbranched alkanes of at least 4 members (excludes halogenated alkanes) is 2. The van der Waals surface area contributed by atoms with E-state index in [-0.39, 0.29) is 61.2 Å². The first kappa shape index (κ1) is 34.9. The molecule has 1 aliphatic rings. The maximum Gasteiger partial charge on any atom is 0.514 e. The summed E-state index contributed by atoms with van der Waals surface area (Å²) < 4.78 is 10.0. The molecule has 0 fully saturated rings. The highest BCUT2D eigenvalue weighted by Crippen LogP contribution is 2.18. The van der Waals surface area contributed by atoms with Crippen LogP contribution in [0.25, 0.3) is 0 Å². The van der Waals surface area contributed by atoms with Crippen molar-refractivity contribution < 1.29 is 43.2 Å². The van der Waals surface area contributed by atoms with Gasteiger partial charge in [0.15, 0.2) is 0 Å². The number of amides is 5. The van der Waals surface area contributed by atoms with Crippen molar-refractivity contribution in [3.8, 4) is 5.75 Å². The van der Waals surface area contributed by atoms with Crippen molar-refractivity contribution in [2.45, 2.75) is 52.2 Å². The fourth-order valence-corrected chi connectivity index (χ4v) is 4.24. The Morgan fingerprint density at radius 3 is 2.15 bits per heavy atom. The van der Waals surface area contributed by atoms with Crippen LogP contribution < -0.4 is 20.7 Å². The zero-order valence-electron chi connectivity index (χ0n) is 25.4. The Labute approximate surface area is 264 Å². The summed E-state index contributed by atoms with van der Waals surface area (Å²) in [4.78, 5) is 83.9. The number of carbonyl (C=O) groups excluding carboxylic acids is 6. The van der Waals surface area contributed by atoms with E-state index in [0.717, 1.165) is 4.90 Å². The topological polar surface area (TPSA) is 203 Å². The van der Waals surface area contributed by atoms with Gasteiger partial charge in [0.2, 0.25) is 17.7 Å². The third kappa shape index (κ3) is 11.2. The molecule has 2 aromatic carbocycles. The summed E-state index contributed by atoms with van der Waals surface area (Å²) >= 11 is 0. The van der Waals surface area contributed by atoms with E-state index in [1.165, 1.54) is 36.4 Å². The number of imide groups is 1. The third-order valence-corrected chi connectivity index (χ3v) is 6.72. The minimum atomic E-state index is -0.999. The van der Waals surface area contributed by atoms with Crippen LogP contribution in [0.5, 0.6) is 5.75 Å². The van der Waals surface area contributed by atoms with Gasteiger partial charge in [-0.25, -0.2) is 4.79 Å². The molecule has 3 rings (SSSR count). The van der Waals surface area contributed by atoms with Gasteiger partial charge in [-0.3, -0.25) is 39.0 Å². The molecular formula is C31H35N5O10. The average molecular weight is 638 g/mol. The van der Waals surface area contributed by atoms with Crippen LogP contribution in [0.4, 0.5) is 16.2 Å². The Morgan fingerprint density at radius 1 is 0.891 bits per heavy atom. The van der Waals surface area contributed by atoms with E-state index in [0.29, 0.717) is 30.5 Å². The van der Waals surface area contributed by atoms with Gasteiger partial charge in [0.05, 0.1) is 11.5 Å². The molecule has 15 nitrogen and oxygen atoms in total. The van der Waals surface area contributed by atoms with Gasteiger partial charge < -0.3 is 25.4 Å². The number of nitro groups is 1. The Hall–Kier alpha value is -5.60. The summed E-state index contributed by atoms with van der Waals surface area (Å²) in [6.07, 6.45) is 3.32. The first-order valence-corrected chi connectivity index (χ1v) is 14.5. The maximum atomic E-state index is 12.7. The lowest BCUT2D eigenvalue weighted by Crippen LogP contribution is -2.51. The highest BCUT2D eigenvalue weighted by Gasteiger charge is 2.25. The molecule has 5 amide bonds. The molecule has 0 aromatic heterocycles. The van der Waals surface area contributed by atoms with E-state index in [2.05, 4.69) is 16.0 Å². The van der Waals surface area contributed by atoms with E-state index in [1.54, 1.807) is 38.1 Å². The average Bonchev–Trinajstić information content (AvgIpc) is 3.34. The summed E-state index contributed by atoms with van der Waals surface area (Å²) in [6, 6.07) is 10.5. The smallest absolute Gasteiger partial charge is 0.429 e. The number of hydrogen-bond acceptors (Lipinski definition) is 10. The molecule has 1 aliphatic heterocycles. The Bertz CT molecular complexity index is 1450. The predicted molar refractivity (Wildman–Crippen MR) is 163 cm³/mol. The van der Waals surface area contributed by atoms with Crippen molar-refractivity contribution in [1.82, 2.24) is 15.5 Å². The van der Waals surface area contributed by atoms with Gasteiger partial charge in [-0.15, -0.1) is 0 Å². The van der Waals surface area contributed by atoms with Crippen LogP contribution in [0.3, 0.4) is 0 Å². The number of non-ortho nitro benzene ring substituents is 1. The molecule has 0 saturated heterocycles. The standard InChI is InChI=1S/C31H35N5O10/c1-20(2)29(34-25(37)6-4-3-5-17-35-27(39)15-16-28(35)40)30(41)32-18-26(38)33-22-9-7-21(8-10-22)19-45-31(42)46-24-13-11-23(12-14-24)36(43)44/h7-16,20,29H,3-6,17-19H2,1-2H3,(H,32,41)(H,33,38)(H,34,37)/t29-/m0/s1. The molecule has 0 bridgehead atoms. The van der Waals surface area contributed by atoms with E-state index < -0.39 is 28.9 Å². The van der Waals surface area contributed by atoms with Crippen molar-refractivity contribution in [2.75, 3.05) is 18.4 Å². The number of anilines is 1. The molecular weight excluding hydrogens is 602 g/mol. The number of benzene rings is 2. The molecule has 0 radical (unpaired) electrons. The molecule has 0 spiro atoms. The van der Waals surface area contributed by atoms with Crippen LogP contribution in [0.2, 0.25) is 0 Å². The normalized spacial score (nSPS) is 12.9. The van der Waals surface area contributed by atoms with E-state index in [4.69, 9.17) is 9.47 Å². The summed E-state index contributed by atoms with van der Waals surface area (Å²) in [7, 11) is 0. The second-order valence-electron chi connectivity index (χ2n) is 10.6. The summed E-state index contributed by atoms with van der Waals surface area (Å²) in [5, 5.41) is 18.6. The SMILES string of the molecule is CC(C)[C@H](NC(=O)CCCCCN1C(=O)C=CC1=O)C(=O)NCC(=O)Nc1ccc(COC(=O)Oc2ccc([N+](=O)[O-])cc2)cc1. The molecule has 15 heteroatoms. The second kappa shape index (κ2) is 17.0. The molecule has 46 heavy (non-hydrogen) atoms. The summed E-state index contributed by atoms with van der Waals surface area (Å²) in [6.45, 7) is 3.36. The van der Waals surface area contributed by atoms with Crippen LogP contribution >= 0.6 is 0 Å². The third-order valence-electron chi connectivity index (χ3n) is 6.72. The first-order valence-electron chi connectivity index (χ1n) is 14.5. The predicted octanol–water partition coefficient (Wildman–Crippen LogP) is 2.99. The van der Waals surface area contributed by atoms with Crippen LogP contribution in [0.15, 0.2) is 60.7 Å². The lowest BCUT2D eigenvalue weighted by molar-refractivity contribution is -0.384. The van der Waals surface area contributed by atoms with Gasteiger partial charge in [0.1, 0.15) is 18.4 Å². The molecule has 244 valence electrons. The lowest BCUT2D eigenvalue weighted by atomic mass is 10.0. The highest BCUT2D eigenvalue weighted by atomic mass is 16.7. The van der Waals surface area contributed by atoms with Crippen LogP contribution in [0, 0.1) is 16.0 Å². The summed E-state index contributed by atoms with van der Waals surface area (Å²) in [5.41, 5.74) is 0.878. The number of rotatable bonds is 16. The van der Waals surface area contributed by atoms with Gasteiger partial charge in [-0.1, -0.05) is 32.4 Å². The largest absolute Gasteiger partial charge is 0.514 e. The number of nitrogens with one attached hydrogen (secondary N) is 3. The van der Waals surface area contributed by atoms with Crippen LogP contribution in [0.1, 0.15) is 45.1 Å². The zero-order chi connectivity index (χ0) is 33.6. The second-order valence-corrected chi connectivity index (χ2v) is 10.6. The fourth-order valence-electron chi connectivity index (χ4n) is 4.24. The van der Waals surface area contributed by atoms with E-state index in [9.17, 15) is 38.9 Å². The molecule has 1 heterocycles. The minimum absolute atomic E-state index is 0.0840. The van der Waals surface area contributed by atoms with Crippen molar-refractivity contribution >= 4 is 47.1 Å². The number of ether oxygens (including phenoxy) is 2. The molecule has 2 aromatic rings. The first-order chi connectivity index (χ1) is 21.9. The maximum absolute atomic E-state index is 12.7. The fraction of sp³-hybridized carbons (Fsp3) is 0.355. The van der Waals surface area contributed by atoms with Crippen molar-refractivity contribution in [3.63, 3.8) is 0 Å². The quantitative estimate of drug-likeness (QED) is 0.0613. The molecule has 1 atom stereocenters. The number of nitrogens with zero attached hydrogens (tertiary/aromatic N) is 2. The monoisotopic (exact) mass is 637 g/mol. The van der Waals surface area contributed by atoms with Crippen molar-refractivity contribution in [2.24, 2.45) is 5.92 Å². The van der Waals surface area contributed by atoms with Crippen molar-refractivity contribution in [3.05, 3.63) is 76.4 Å². The van der Waals surface area contributed by atoms with Gasteiger partial charge in [0.25, 0.3) is 17.5 Å². The van der Waals surface area contributed by atoms with Crippen LogP contribution in [-0.2, 0) is 35.3 Å². The molecule has 0 unspecified atom stereocenters.